The monoisotopic (exact) mass is 315 g/mol. The van der Waals surface area contributed by atoms with Crippen molar-refractivity contribution in [2.75, 3.05) is 26.7 Å². The molecule has 6 nitrogen and oxygen atoms in total. The van der Waals surface area contributed by atoms with Gasteiger partial charge in [-0.25, -0.2) is 0 Å². The zero-order valence-electron chi connectivity index (χ0n) is 13.3. The molecule has 1 aliphatic heterocycles. The van der Waals surface area contributed by atoms with Crippen molar-refractivity contribution in [2.45, 2.75) is 13.0 Å². The number of nitrogens with one attached hydrogen (secondary N) is 2. The minimum Gasteiger partial charge on any atom is -0.497 e. The fourth-order valence-electron chi connectivity index (χ4n) is 2.85. The first-order chi connectivity index (χ1) is 11.1. The van der Waals surface area contributed by atoms with E-state index in [1.165, 1.54) is 0 Å². The second kappa shape index (κ2) is 6.52. The first-order valence-corrected chi connectivity index (χ1v) is 7.71. The van der Waals surface area contributed by atoms with Crippen LogP contribution in [0.2, 0.25) is 0 Å². The number of fused-ring (bicyclic) bond motifs is 1. The quantitative estimate of drug-likeness (QED) is 0.779. The minimum absolute atomic E-state index is 0.0527. The van der Waals surface area contributed by atoms with E-state index in [4.69, 9.17) is 4.74 Å². The predicted octanol–water partition coefficient (Wildman–Crippen LogP) is 0.862. The first kappa shape index (κ1) is 15.7. The largest absolute Gasteiger partial charge is 0.497 e. The number of carbonyl (C=O) groups excluding carboxylic acids is 1. The fraction of sp³-hybridized carbons (Fsp3) is 0.412. The highest BCUT2D eigenvalue weighted by Crippen LogP contribution is 2.21. The fourth-order valence-corrected chi connectivity index (χ4v) is 2.85. The zero-order valence-corrected chi connectivity index (χ0v) is 13.3. The van der Waals surface area contributed by atoms with E-state index in [0.717, 1.165) is 23.2 Å². The lowest BCUT2D eigenvalue weighted by molar-refractivity contribution is 0.0926. The topological polar surface area (TPSA) is 83.5 Å². The molecule has 2 atom stereocenters. The van der Waals surface area contributed by atoms with E-state index in [1.54, 1.807) is 7.11 Å². The number of benzene rings is 1. The number of β-amino-alcohol motifs (C(OH)–C–C–N with tert-alkyl or cyclic N) is 1. The Morgan fingerprint density at radius 1 is 1.43 bits per heavy atom. The molecule has 1 fully saturated rings. The smallest absolute Gasteiger partial charge is 0.253 e. The molecule has 6 heteroatoms. The highest BCUT2D eigenvalue weighted by Gasteiger charge is 2.25. The van der Waals surface area contributed by atoms with E-state index in [9.17, 15) is 9.90 Å². The summed E-state index contributed by atoms with van der Waals surface area (Å²) in [6.45, 7) is 3.57. The van der Waals surface area contributed by atoms with E-state index in [2.05, 4.69) is 15.6 Å². The van der Waals surface area contributed by atoms with Crippen LogP contribution in [0.25, 0.3) is 10.9 Å². The first-order valence-electron chi connectivity index (χ1n) is 7.71. The number of aliphatic hydroxyl groups excluding tert-OH is 1. The molecule has 1 amide bonds. The van der Waals surface area contributed by atoms with Gasteiger partial charge in [-0.15, -0.1) is 0 Å². The van der Waals surface area contributed by atoms with Gasteiger partial charge in [0.05, 0.1) is 30.0 Å². The van der Waals surface area contributed by atoms with Gasteiger partial charge in [0.2, 0.25) is 0 Å². The molecule has 122 valence electrons. The Morgan fingerprint density at radius 2 is 2.26 bits per heavy atom. The number of hydrogen-bond acceptors (Lipinski definition) is 5. The number of nitrogens with zero attached hydrogens (tertiary/aromatic N) is 1. The third kappa shape index (κ3) is 3.28. The van der Waals surface area contributed by atoms with Gasteiger partial charge in [-0.2, -0.15) is 0 Å². The second-order valence-corrected chi connectivity index (χ2v) is 5.88. The Morgan fingerprint density at radius 3 is 2.96 bits per heavy atom. The number of aliphatic hydroxyl groups is 1. The van der Waals surface area contributed by atoms with Crippen molar-refractivity contribution >= 4 is 16.8 Å². The number of aryl methyl sites for hydroxylation is 1. The highest BCUT2D eigenvalue weighted by molar-refractivity contribution is 5.98. The van der Waals surface area contributed by atoms with Crippen LogP contribution in [0.15, 0.2) is 24.3 Å². The molecule has 2 aromatic rings. The van der Waals surface area contributed by atoms with Crippen molar-refractivity contribution < 1.29 is 14.6 Å². The maximum atomic E-state index is 12.4. The van der Waals surface area contributed by atoms with Crippen LogP contribution >= 0.6 is 0 Å². The van der Waals surface area contributed by atoms with Gasteiger partial charge in [-0.3, -0.25) is 9.78 Å². The number of methoxy groups -OCH3 is 1. The van der Waals surface area contributed by atoms with Gasteiger partial charge in [0.1, 0.15) is 5.75 Å². The lowest BCUT2D eigenvalue weighted by atomic mass is 10.1. The second-order valence-electron chi connectivity index (χ2n) is 5.88. The van der Waals surface area contributed by atoms with Gasteiger partial charge in [-0.1, -0.05) is 0 Å². The number of rotatable bonds is 4. The summed E-state index contributed by atoms with van der Waals surface area (Å²) in [5.41, 5.74) is 2.03. The summed E-state index contributed by atoms with van der Waals surface area (Å²) in [6, 6.07) is 7.43. The molecule has 3 N–H and O–H groups in total. The van der Waals surface area contributed by atoms with Crippen LogP contribution in [-0.2, 0) is 0 Å². The summed E-state index contributed by atoms with van der Waals surface area (Å²) in [6.07, 6.45) is -0.404. The van der Waals surface area contributed by atoms with Crippen LogP contribution < -0.4 is 15.4 Å². The Hall–Kier alpha value is -2.18. The number of ether oxygens (including phenoxy) is 1. The Kier molecular flexibility index (Phi) is 4.45. The molecule has 2 unspecified atom stereocenters. The van der Waals surface area contributed by atoms with Crippen LogP contribution in [0, 0.1) is 12.8 Å². The summed E-state index contributed by atoms with van der Waals surface area (Å²) in [5.74, 6) is 0.632. The van der Waals surface area contributed by atoms with Crippen LogP contribution in [0.1, 0.15) is 16.1 Å². The SMILES string of the molecule is COc1ccc2cc(C(=O)NCC3CNCC3O)c(C)nc2c1. The van der Waals surface area contributed by atoms with Gasteiger partial charge in [0.15, 0.2) is 0 Å². The van der Waals surface area contributed by atoms with E-state index in [-0.39, 0.29) is 11.8 Å². The molecule has 0 aliphatic carbocycles. The average Bonchev–Trinajstić information content (AvgIpc) is 2.96. The van der Waals surface area contributed by atoms with E-state index in [1.807, 2.05) is 31.2 Å². The molecular weight excluding hydrogens is 294 g/mol. The molecule has 1 aromatic carbocycles. The molecule has 0 saturated carbocycles. The number of carbonyl (C=O) groups is 1. The molecule has 3 rings (SSSR count). The number of hydrogen-bond donors (Lipinski definition) is 3. The summed E-state index contributed by atoms with van der Waals surface area (Å²) in [5, 5.41) is 16.7. The number of aromatic nitrogens is 1. The van der Waals surface area contributed by atoms with Gasteiger partial charge < -0.3 is 20.5 Å². The molecule has 1 aromatic heterocycles. The highest BCUT2D eigenvalue weighted by atomic mass is 16.5. The van der Waals surface area contributed by atoms with Crippen molar-refractivity contribution in [3.05, 3.63) is 35.5 Å². The molecule has 0 spiro atoms. The van der Waals surface area contributed by atoms with Crippen molar-refractivity contribution in [3.63, 3.8) is 0 Å². The van der Waals surface area contributed by atoms with Crippen LogP contribution in [0.3, 0.4) is 0 Å². The molecule has 1 saturated heterocycles. The molecule has 2 heterocycles. The minimum atomic E-state index is -0.404. The zero-order chi connectivity index (χ0) is 16.4. The van der Waals surface area contributed by atoms with Crippen LogP contribution in [-0.4, -0.2) is 48.8 Å². The Labute approximate surface area is 134 Å². The third-order valence-corrected chi connectivity index (χ3v) is 4.29. The molecule has 1 aliphatic rings. The van der Waals surface area contributed by atoms with Crippen LogP contribution in [0.4, 0.5) is 0 Å². The maximum Gasteiger partial charge on any atom is 0.253 e. The molecule has 23 heavy (non-hydrogen) atoms. The van der Waals surface area contributed by atoms with Gasteiger partial charge in [-0.05, 0) is 25.1 Å². The van der Waals surface area contributed by atoms with Gasteiger partial charge >= 0.3 is 0 Å². The van der Waals surface area contributed by atoms with E-state index < -0.39 is 6.10 Å². The summed E-state index contributed by atoms with van der Waals surface area (Å²) >= 11 is 0. The standard InChI is InChI=1S/C17H21N3O3/c1-10-14(17(22)19-8-12-7-18-9-16(12)21)5-11-3-4-13(23-2)6-15(11)20-10/h3-6,12,16,18,21H,7-9H2,1-2H3,(H,19,22). The maximum absolute atomic E-state index is 12.4. The van der Waals surface area contributed by atoms with Crippen molar-refractivity contribution in [1.82, 2.24) is 15.6 Å². The average molecular weight is 315 g/mol. The lowest BCUT2D eigenvalue weighted by Crippen LogP contribution is -2.34. The normalized spacial score (nSPS) is 20.7. The molecule has 0 bridgehead atoms. The Bertz CT molecular complexity index is 732. The van der Waals surface area contributed by atoms with Gasteiger partial charge in [0.25, 0.3) is 5.91 Å². The van der Waals surface area contributed by atoms with Crippen molar-refractivity contribution in [2.24, 2.45) is 5.92 Å². The van der Waals surface area contributed by atoms with Crippen molar-refractivity contribution in [1.29, 1.82) is 0 Å². The summed E-state index contributed by atoms with van der Waals surface area (Å²) < 4.78 is 5.20. The number of amides is 1. The number of pyridine rings is 1. The van der Waals surface area contributed by atoms with Crippen molar-refractivity contribution in [3.8, 4) is 5.75 Å². The summed E-state index contributed by atoms with van der Waals surface area (Å²) in [7, 11) is 1.61. The van der Waals surface area contributed by atoms with Crippen LogP contribution in [0.5, 0.6) is 5.75 Å². The summed E-state index contributed by atoms with van der Waals surface area (Å²) in [4.78, 5) is 16.9. The lowest BCUT2D eigenvalue weighted by Gasteiger charge is -2.15. The van der Waals surface area contributed by atoms with E-state index in [0.29, 0.717) is 24.3 Å². The third-order valence-electron chi connectivity index (χ3n) is 4.29. The van der Waals surface area contributed by atoms with Gasteiger partial charge in [0, 0.05) is 37.0 Å². The van der Waals surface area contributed by atoms with E-state index >= 15 is 0 Å². The predicted molar refractivity (Wildman–Crippen MR) is 87.7 cm³/mol. The molecular formula is C17H21N3O3. The molecule has 0 radical (unpaired) electrons. The Balaban J connectivity index is 1.78.